The van der Waals surface area contributed by atoms with Gasteiger partial charge in [-0.3, -0.25) is 14.9 Å². The van der Waals surface area contributed by atoms with Crippen molar-refractivity contribution in [2.75, 3.05) is 18.5 Å². The molecule has 0 aliphatic heterocycles. The first-order chi connectivity index (χ1) is 13.5. The van der Waals surface area contributed by atoms with E-state index in [9.17, 15) is 19.7 Å². The normalized spacial score (nSPS) is 10.5. The van der Waals surface area contributed by atoms with Gasteiger partial charge in [0.2, 0.25) is 0 Å². The van der Waals surface area contributed by atoms with Crippen molar-refractivity contribution in [3.63, 3.8) is 0 Å². The predicted molar refractivity (Wildman–Crippen MR) is 101 cm³/mol. The summed E-state index contributed by atoms with van der Waals surface area (Å²) in [5.74, 6) is -1.05. The molecule has 2 N–H and O–H groups in total. The quantitative estimate of drug-likeness (QED) is 0.367. The molecule has 1 amide bonds. The standard InChI is InChI=1S/C19H17N3O6/c1-2-27-12-7-8-16(17(9-12)22(25)26)21-18(23)11-28-19(24)14-10-20-15-6-4-3-5-13(14)15/h3-10,20H,2,11H2,1H3,(H,21,23). The molecule has 3 aromatic rings. The molecule has 0 bridgehead atoms. The van der Waals surface area contributed by atoms with Crippen LogP contribution in [0.1, 0.15) is 17.3 Å². The van der Waals surface area contributed by atoms with E-state index < -0.39 is 23.4 Å². The van der Waals surface area contributed by atoms with Crippen molar-refractivity contribution in [3.05, 3.63) is 64.3 Å². The third kappa shape index (κ3) is 4.09. The second-order valence-corrected chi connectivity index (χ2v) is 5.74. The molecule has 1 aromatic heterocycles. The summed E-state index contributed by atoms with van der Waals surface area (Å²) < 4.78 is 10.2. The number of aromatic nitrogens is 1. The number of esters is 1. The van der Waals surface area contributed by atoms with Gasteiger partial charge in [-0.25, -0.2) is 4.79 Å². The van der Waals surface area contributed by atoms with Crippen molar-refractivity contribution < 1.29 is 24.0 Å². The number of anilines is 1. The Balaban J connectivity index is 1.66. The van der Waals surface area contributed by atoms with Crippen LogP contribution >= 0.6 is 0 Å². The van der Waals surface area contributed by atoms with E-state index in [-0.39, 0.29) is 11.4 Å². The van der Waals surface area contributed by atoms with E-state index in [4.69, 9.17) is 9.47 Å². The number of para-hydroxylation sites is 1. The van der Waals surface area contributed by atoms with Crippen molar-refractivity contribution >= 4 is 34.2 Å². The number of nitrogens with zero attached hydrogens (tertiary/aromatic N) is 1. The Hall–Kier alpha value is -3.88. The van der Waals surface area contributed by atoms with E-state index in [1.165, 1.54) is 24.4 Å². The van der Waals surface area contributed by atoms with E-state index in [0.717, 1.165) is 5.52 Å². The Morgan fingerprint density at radius 3 is 2.75 bits per heavy atom. The summed E-state index contributed by atoms with van der Waals surface area (Å²) in [5, 5.41) is 14.3. The summed E-state index contributed by atoms with van der Waals surface area (Å²) >= 11 is 0. The maximum Gasteiger partial charge on any atom is 0.340 e. The molecule has 0 saturated carbocycles. The number of aromatic amines is 1. The largest absolute Gasteiger partial charge is 0.494 e. The topological polar surface area (TPSA) is 124 Å². The van der Waals surface area contributed by atoms with Gasteiger partial charge in [0, 0.05) is 17.1 Å². The van der Waals surface area contributed by atoms with Crippen molar-refractivity contribution in [1.29, 1.82) is 0 Å². The zero-order valence-corrected chi connectivity index (χ0v) is 14.9. The molecule has 0 aliphatic rings. The maximum absolute atomic E-state index is 12.2. The number of nitrogens with one attached hydrogen (secondary N) is 2. The SMILES string of the molecule is CCOc1ccc(NC(=O)COC(=O)c2c[nH]c3ccccc23)c([N+](=O)[O-])c1. The molecule has 0 aliphatic carbocycles. The Bertz CT molecular complexity index is 1040. The van der Waals surface area contributed by atoms with Crippen LogP contribution in [0, 0.1) is 10.1 Å². The average molecular weight is 383 g/mol. The number of H-pyrrole nitrogens is 1. The number of rotatable bonds is 7. The lowest BCUT2D eigenvalue weighted by Crippen LogP contribution is -2.21. The van der Waals surface area contributed by atoms with Gasteiger partial charge in [0.05, 0.1) is 23.2 Å². The third-order valence-corrected chi connectivity index (χ3v) is 3.89. The van der Waals surface area contributed by atoms with Crippen molar-refractivity contribution in [2.24, 2.45) is 0 Å². The smallest absolute Gasteiger partial charge is 0.340 e. The average Bonchev–Trinajstić information content (AvgIpc) is 3.11. The van der Waals surface area contributed by atoms with Gasteiger partial charge in [-0.15, -0.1) is 0 Å². The molecule has 0 fully saturated rings. The van der Waals surface area contributed by atoms with E-state index in [1.807, 2.05) is 12.1 Å². The van der Waals surface area contributed by atoms with Crippen molar-refractivity contribution in [2.45, 2.75) is 6.92 Å². The molecule has 1 heterocycles. The molecule has 2 aromatic carbocycles. The van der Waals surface area contributed by atoms with E-state index in [0.29, 0.717) is 23.3 Å². The zero-order valence-electron chi connectivity index (χ0n) is 14.9. The highest BCUT2D eigenvalue weighted by atomic mass is 16.6. The minimum absolute atomic E-state index is 0.0124. The number of hydrogen-bond donors (Lipinski definition) is 2. The van der Waals surface area contributed by atoms with Crippen LogP contribution in [0.15, 0.2) is 48.7 Å². The van der Waals surface area contributed by atoms with Gasteiger partial charge in [0.1, 0.15) is 11.4 Å². The molecule has 0 unspecified atom stereocenters. The van der Waals surface area contributed by atoms with Crippen LogP contribution in [0.25, 0.3) is 10.9 Å². The molecule has 0 radical (unpaired) electrons. The fourth-order valence-electron chi connectivity index (χ4n) is 2.66. The second-order valence-electron chi connectivity index (χ2n) is 5.74. The molecule has 0 saturated heterocycles. The molecule has 0 spiro atoms. The fraction of sp³-hybridized carbons (Fsp3) is 0.158. The summed E-state index contributed by atoms with van der Waals surface area (Å²) in [7, 11) is 0. The third-order valence-electron chi connectivity index (χ3n) is 3.89. The molecular formula is C19H17N3O6. The fourth-order valence-corrected chi connectivity index (χ4v) is 2.66. The lowest BCUT2D eigenvalue weighted by atomic mass is 10.2. The highest BCUT2D eigenvalue weighted by Crippen LogP contribution is 2.29. The molecule has 0 atom stereocenters. The Morgan fingerprint density at radius 1 is 1.21 bits per heavy atom. The van der Waals surface area contributed by atoms with Gasteiger partial charge in [-0.05, 0) is 25.1 Å². The first-order valence-corrected chi connectivity index (χ1v) is 8.44. The van der Waals surface area contributed by atoms with Crippen LogP contribution in [0.5, 0.6) is 5.75 Å². The summed E-state index contributed by atoms with van der Waals surface area (Å²) in [6, 6.07) is 11.3. The Kier molecular flexibility index (Phi) is 5.54. The number of nitro groups is 1. The van der Waals surface area contributed by atoms with E-state index in [1.54, 1.807) is 19.1 Å². The highest BCUT2D eigenvalue weighted by molar-refractivity contribution is 6.05. The van der Waals surface area contributed by atoms with Gasteiger partial charge in [0.15, 0.2) is 6.61 Å². The molecular weight excluding hydrogens is 366 g/mol. The summed E-state index contributed by atoms with van der Waals surface area (Å²) in [5.41, 5.74) is 0.739. The van der Waals surface area contributed by atoms with Gasteiger partial charge in [0.25, 0.3) is 11.6 Å². The summed E-state index contributed by atoms with van der Waals surface area (Å²) in [4.78, 5) is 37.8. The maximum atomic E-state index is 12.2. The van der Waals surface area contributed by atoms with Crippen LogP contribution in [0.4, 0.5) is 11.4 Å². The number of carbonyl (C=O) groups is 2. The zero-order chi connectivity index (χ0) is 20.1. The van der Waals surface area contributed by atoms with Crippen LogP contribution < -0.4 is 10.1 Å². The van der Waals surface area contributed by atoms with Crippen LogP contribution in [-0.2, 0) is 9.53 Å². The molecule has 9 heteroatoms. The lowest BCUT2D eigenvalue weighted by molar-refractivity contribution is -0.384. The minimum atomic E-state index is -0.694. The first kappa shape index (κ1) is 18.9. The van der Waals surface area contributed by atoms with Gasteiger partial charge in [-0.2, -0.15) is 0 Å². The molecule has 3 rings (SSSR count). The van der Waals surface area contributed by atoms with Gasteiger partial charge < -0.3 is 19.8 Å². The van der Waals surface area contributed by atoms with Crippen molar-refractivity contribution in [1.82, 2.24) is 4.98 Å². The van der Waals surface area contributed by atoms with Crippen LogP contribution in [0.2, 0.25) is 0 Å². The van der Waals surface area contributed by atoms with Crippen LogP contribution in [0.3, 0.4) is 0 Å². The minimum Gasteiger partial charge on any atom is -0.494 e. The molecule has 144 valence electrons. The number of amides is 1. The number of nitro benzene ring substituents is 1. The van der Waals surface area contributed by atoms with Gasteiger partial charge >= 0.3 is 5.97 Å². The highest BCUT2D eigenvalue weighted by Gasteiger charge is 2.19. The van der Waals surface area contributed by atoms with E-state index >= 15 is 0 Å². The summed E-state index contributed by atoms with van der Waals surface area (Å²) in [6.45, 7) is 1.53. The second kappa shape index (κ2) is 8.21. The van der Waals surface area contributed by atoms with Gasteiger partial charge in [-0.1, -0.05) is 18.2 Å². The monoisotopic (exact) mass is 383 g/mol. The Morgan fingerprint density at radius 2 is 2.00 bits per heavy atom. The van der Waals surface area contributed by atoms with Crippen LogP contribution in [-0.4, -0.2) is 35.0 Å². The molecule has 28 heavy (non-hydrogen) atoms. The number of hydrogen-bond acceptors (Lipinski definition) is 6. The van der Waals surface area contributed by atoms with Crippen molar-refractivity contribution in [3.8, 4) is 5.75 Å². The first-order valence-electron chi connectivity index (χ1n) is 8.44. The van der Waals surface area contributed by atoms with E-state index in [2.05, 4.69) is 10.3 Å². The Labute approximate surface area is 159 Å². The molecule has 9 nitrogen and oxygen atoms in total. The predicted octanol–water partition coefficient (Wildman–Crippen LogP) is 3.27. The number of fused-ring (bicyclic) bond motifs is 1. The summed E-state index contributed by atoms with van der Waals surface area (Å²) in [6.07, 6.45) is 1.50. The lowest BCUT2D eigenvalue weighted by Gasteiger charge is -2.09. The number of ether oxygens (including phenoxy) is 2. The number of carbonyl (C=O) groups excluding carboxylic acids is 2. The number of benzene rings is 2.